The van der Waals surface area contributed by atoms with Crippen molar-refractivity contribution in [2.24, 2.45) is 11.7 Å². The summed E-state index contributed by atoms with van der Waals surface area (Å²) < 4.78 is 5.44. The number of carbonyl (C=O) groups is 2. The van der Waals surface area contributed by atoms with Gasteiger partial charge in [0.2, 0.25) is 5.91 Å². The third-order valence-electron chi connectivity index (χ3n) is 5.06. The molecule has 1 aromatic heterocycles. The summed E-state index contributed by atoms with van der Waals surface area (Å²) in [5, 5.41) is 2.91. The number of carbonyl (C=O) groups excluding carboxylic acids is 2. The van der Waals surface area contributed by atoms with Crippen molar-refractivity contribution in [2.75, 3.05) is 0 Å². The number of ether oxygens (including phenoxy) is 1. The Hall–Kier alpha value is -2.89. The highest BCUT2D eigenvalue weighted by molar-refractivity contribution is 5.77. The number of hydrogen-bond donors (Lipinski definition) is 2. The Morgan fingerprint density at radius 3 is 2.25 bits per heavy atom. The van der Waals surface area contributed by atoms with Crippen LogP contribution in [0.1, 0.15) is 69.1 Å². The highest BCUT2D eigenvalue weighted by atomic mass is 16.6. The Kier molecular flexibility index (Phi) is 8.42. The molecule has 1 heterocycles. The molecule has 2 amide bonds. The zero-order valence-electron chi connectivity index (χ0n) is 20.5. The second kappa shape index (κ2) is 10.6. The number of nitrogens with two attached hydrogens (primary N) is 1. The monoisotopic (exact) mass is 439 g/mol. The number of benzene rings is 1. The Morgan fingerprint density at radius 1 is 1.09 bits per heavy atom. The van der Waals surface area contributed by atoms with Gasteiger partial charge in [0, 0.05) is 29.9 Å². The lowest BCUT2D eigenvalue weighted by Gasteiger charge is -2.23. The molecule has 2 aromatic rings. The van der Waals surface area contributed by atoms with E-state index >= 15 is 0 Å². The topological polar surface area (TPSA) is 94.3 Å². The maximum Gasteiger partial charge on any atom is 0.407 e. The van der Waals surface area contributed by atoms with Gasteiger partial charge in [0.05, 0.1) is 0 Å². The number of amides is 2. The number of primary amides is 1. The molecule has 2 rings (SSSR count). The molecule has 6 nitrogen and oxygen atoms in total. The van der Waals surface area contributed by atoms with Gasteiger partial charge in [-0.3, -0.25) is 9.78 Å². The minimum atomic E-state index is -0.581. The molecule has 0 radical (unpaired) electrons. The molecule has 0 fully saturated rings. The SMILES string of the molecule is Cc1ccc(-c2c(CCC(N)=O)c(C)nc(CC(C)C)c2CNC(=O)OC(C)(C)C)cc1. The largest absolute Gasteiger partial charge is 0.444 e. The van der Waals surface area contributed by atoms with E-state index in [-0.39, 0.29) is 18.9 Å². The number of nitrogens with one attached hydrogen (secondary N) is 1. The van der Waals surface area contributed by atoms with Crippen molar-refractivity contribution in [3.05, 3.63) is 52.3 Å². The first kappa shape index (κ1) is 25.4. The van der Waals surface area contributed by atoms with Crippen molar-refractivity contribution >= 4 is 12.0 Å². The molecule has 3 N–H and O–H groups in total. The molecule has 0 aliphatic heterocycles. The highest BCUT2D eigenvalue weighted by Gasteiger charge is 2.22. The smallest absolute Gasteiger partial charge is 0.407 e. The van der Waals surface area contributed by atoms with Crippen LogP contribution < -0.4 is 11.1 Å². The summed E-state index contributed by atoms with van der Waals surface area (Å²) in [4.78, 5) is 28.9. The number of nitrogens with zero attached hydrogens (tertiary/aromatic N) is 1. The van der Waals surface area contributed by atoms with Crippen LogP contribution in [0.3, 0.4) is 0 Å². The lowest BCUT2D eigenvalue weighted by Crippen LogP contribution is -2.32. The number of alkyl carbamates (subject to hydrolysis) is 1. The van der Waals surface area contributed by atoms with Crippen molar-refractivity contribution < 1.29 is 14.3 Å². The fraction of sp³-hybridized carbons (Fsp3) is 0.500. The van der Waals surface area contributed by atoms with Crippen molar-refractivity contribution in [3.8, 4) is 11.1 Å². The Morgan fingerprint density at radius 2 is 1.72 bits per heavy atom. The molecule has 0 saturated heterocycles. The molecule has 0 aliphatic rings. The van der Waals surface area contributed by atoms with E-state index in [2.05, 4.69) is 43.4 Å². The summed E-state index contributed by atoms with van der Waals surface area (Å²) in [5.41, 5.74) is 11.9. The van der Waals surface area contributed by atoms with Crippen LogP contribution >= 0.6 is 0 Å². The van der Waals surface area contributed by atoms with Crippen LogP contribution in [-0.2, 0) is 28.9 Å². The van der Waals surface area contributed by atoms with Crippen LogP contribution in [-0.4, -0.2) is 22.6 Å². The summed E-state index contributed by atoms with van der Waals surface area (Å²) in [5.74, 6) is 0.0449. The van der Waals surface area contributed by atoms with Gasteiger partial charge in [0.15, 0.2) is 0 Å². The third-order valence-corrected chi connectivity index (χ3v) is 5.06. The first-order valence-electron chi connectivity index (χ1n) is 11.2. The van der Waals surface area contributed by atoms with Crippen LogP contribution in [0.4, 0.5) is 4.79 Å². The van der Waals surface area contributed by atoms with Gasteiger partial charge < -0.3 is 15.8 Å². The van der Waals surface area contributed by atoms with E-state index in [0.29, 0.717) is 12.3 Å². The molecule has 0 saturated carbocycles. The van der Waals surface area contributed by atoms with Crippen LogP contribution in [0, 0.1) is 19.8 Å². The predicted octanol–water partition coefficient (Wildman–Crippen LogP) is 5.01. The maximum absolute atomic E-state index is 12.4. The van der Waals surface area contributed by atoms with Crippen LogP contribution in [0.15, 0.2) is 24.3 Å². The van der Waals surface area contributed by atoms with E-state index in [1.54, 1.807) is 0 Å². The summed E-state index contributed by atoms with van der Waals surface area (Å²) >= 11 is 0. The van der Waals surface area contributed by atoms with Crippen LogP contribution in [0.2, 0.25) is 0 Å². The lowest BCUT2D eigenvalue weighted by molar-refractivity contribution is -0.117. The van der Waals surface area contributed by atoms with E-state index in [0.717, 1.165) is 45.6 Å². The molecule has 0 atom stereocenters. The van der Waals surface area contributed by atoms with Crippen molar-refractivity contribution in [2.45, 2.75) is 79.9 Å². The molecule has 0 unspecified atom stereocenters. The van der Waals surface area contributed by atoms with Crippen LogP contribution in [0.5, 0.6) is 0 Å². The lowest BCUT2D eigenvalue weighted by atomic mass is 9.88. The van der Waals surface area contributed by atoms with E-state index in [1.807, 2.05) is 34.6 Å². The molecule has 1 aromatic carbocycles. The summed E-state index contributed by atoms with van der Waals surface area (Å²) in [6, 6.07) is 8.29. The van der Waals surface area contributed by atoms with Crippen LogP contribution in [0.25, 0.3) is 11.1 Å². The second-order valence-electron chi connectivity index (χ2n) is 9.76. The second-order valence-corrected chi connectivity index (χ2v) is 9.76. The normalized spacial score (nSPS) is 11.5. The Bertz CT molecular complexity index is 958. The molecule has 32 heavy (non-hydrogen) atoms. The third kappa shape index (κ3) is 7.36. The highest BCUT2D eigenvalue weighted by Crippen LogP contribution is 2.33. The first-order chi connectivity index (χ1) is 14.9. The number of aromatic nitrogens is 1. The zero-order valence-corrected chi connectivity index (χ0v) is 20.5. The average Bonchev–Trinajstić information content (AvgIpc) is 2.64. The quantitative estimate of drug-likeness (QED) is 0.605. The predicted molar refractivity (Wildman–Crippen MR) is 128 cm³/mol. The van der Waals surface area contributed by atoms with Gasteiger partial charge in [0.25, 0.3) is 0 Å². The molecular formula is C26H37N3O3. The minimum absolute atomic E-state index is 0.240. The molecule has 0 aliphatic carbocycles. The Balaban J connectivity index is 2.63. The molecule has 0 bridgehead atoms. The number of aryl methyl sites for hydroxylation is 2. The molecule has 174 valence electrons. The molecule has 6 heteroatoms. The summed E-state index contributed by atoms with van der Waals surface area (Å²) in [6.45, 7) is 14.1. The minimum Gasteiger partial charge on any atom is -0.444 e. The van der Waals surface area contributed by atoms with E-state index < -0.39 is 11.7 Å². The van der Waals surface area contributed by atoms with Gasteiger partial charge in [-0.25, -0.2) is 4.79 Å². The zero-order chi connectivity index (χ0) is 24.1. The number of hydrogen-bond acceptors (Lipinski definition) is 4. The van der Waals surface area contributed by atoms with Gasteiger partial charge in [-0.15, -0.1) is 0 Å². The molecule has 0 spiro atoms. The van der Waals surface area contributed by atoms with E-state index in [9.17, 15) is 9.59 Å². The standard InChI is InChI=1S/C26H37N3O3/c1-16(2)14-22-21(15-28-25(31)32-26(5,6)7)24(19-10-8-17(3)9-11-19)20(18(4)29-22)12-13-23(27)30/h8-11,16H,12-15H2,1-7H3,(H2,27,30)(H,28,31). The summed E-state index contributed by atoms with van der Waals surface area (Å²) in [6.07, 6.45) is 1.05. The van der Waals surface area contributed by atoms with Gasteiger partial charge >= 0.3 is 6.09 Å². The number of rotatable bonds is 8. The number of pyridine rings is 1. The van der Waals surface area contributed by atoms with Crippen molar-refractivity contribution in [1.29, 1.82) is 0 Å². The van der Waals surface area contributed by atoms with Gasteiger partial charge in [-0.1, -0.05) is 43.7 Å². The van der Waals surface area contributed by atoms with Gasteiger partial charge in [-0.2, -0.15) is 0 Å². The van der Waals surface area contributed by atoms with Gasteiger partial charge in [-0.05, 0) is 70.1 Å². The fourth-order valence-corrected chi connectivity index (χ4v) is 3.69. The molecular weight excluding hydrogens is 402 g/mol. The summed E-state index contributed by atoms with van der Waals surface area (Å²) in [7, 11) is 0. The maximum atomic E-state index is 12.4. The van der Waals surface area contributed by atoms with Crippen molar-refractivity contribution in [3.63, 3.8) is 0 Å². The van der Waals surface area contributed by atoms with E-state index in [4.69, 9.17) is 15.5 Å². The fourth-order valence-electron chi connectivity index (χ4n) is 3.69. The van der Waals surface area contributed by atoms with Crippen molar-refractivity contribution in [1.82, 2.24) is 10.3 Å². The first-order valence-corrected chi connectivity index (χ1v) is 11.2. The van der Waals surface area contributed by atoms with E-state index in [1.165, 1.54) is 0 Å². The van der Waals surface area contributed by atoms with Gasteiger partial charge in [0.1, 0.15) is 5.60 Å². The Labute approximate surface area is 192 Å². The average molecular weight is 440 g/mol.